The lowest BCUT2D eigenvalue weighted by Crippen LogP contribution is -2.18. The molecule has 0 radical (unpaired) electrons. The van der Waals surface area contributed by atoms with Crippen molar-refractivity contribution in [1.29, 1.82) is 0 Å². The van der Waals surface area contributed by atoms with Crippen molar-refractivity contribution in [2.45, 2.75) is 44.6 Å². The predicted octanol–water partition coefficient (Wildman–Crippen LogP) is 5.09. The van der Waals surface area contributed by atoms with E-state index in [-0.39, 0.29) is 12.1 Å². The van der Waals surface area contributed by atoms with Gasteiger partial charge in [-0.3, -0.25) is 4.79 Å². The molecule has 1 aliphatic heterocycles. The summed E-state index contributed by atoms with van der Waals surface area (Å²) in [6, 6.07) is 21.1. The van der Waals surface area contributed by atoms with Crippen LogP contribution in [0.4, 0.5) is 11.4 Å². The van der Waals surface area contributed by atoms with Gasteiger partial charge in [0.25, 0.3) is 0 Å². The molecule has 0 N–H and O–H groups in total. The largest absolute Gasteiger partial charge is 0.462 e. The van der Waals surface area contributed by atoms with Crippen LogP contribution in [0.5, 0.6) is 0 Å². The first-order chi connectivity index (χ1) is 11.8. The Morgan fingerprint density at radius 2 is 1.50 bits per heavy atom. The minimum atomic E-state index is -0.0284. The molecule has 1 heterocycles. The second kappa shape index (κ2) is 8.53. The number of para-hydroxylation sites is 2. The zero-order chi connectivity index (χ0) is 16.6. The molecular formula is C21H25NO2. The maximum atomic E-state index is 11.1. The number of carbonyl (C=O) groups excluding carboxylic acids is 1. The summed E-state index contributed by atoms with van der Waals surface area (Å²) in [6.07, 6.45) is 6.07. The Labute approximate surface area is 144 Å². The Bertz CT molecular complexity index is 587. The van der Waals surface area contributed by atoms with Crippen molar-refractivity contribution in [1.82, 2.24) is 0 Å². The normalized spacial score (nSPS) is 16.8. The summed E-state index contributed by atoms with van der Waals surface area (Å²) in [7, 11) is 0. The minimum Gasteiger partial charge on any atom is -0.462 e. The molecular weight excluding hydrogens is 298 g/mol. The third kappa shape index (κ3) is 4.60. The number of benzene rings is 2. The second-order valence-electron chi connectivity index (χ2n) is 6.32. The number of hydrogen-bond acceptors (Lipinski definition) is 3. The smallest absolute Gasteiger partial charge is 0.306 e. The van der Waals surface area contributed by atoms with Gasteiger partial charge in [-0.25, -0.2) is 0 Å². The van der Waals surface area contributed by atoms with Gasteiger partial charge in [-0.15, -0.1) is 0 Å². The van der Waals surface area contributed by atoms with E-state index in [1.807, 2.05) is 0 Å². The van der Waals surface area contributed by atoms with Gasteiger partial charge >= 0.3 is 5.97 Å². The molecule has 1 fully saturated rings. The molecule has 1 unspecified atom stereocenters. The monoisotopic (exact) mass is 323 g/mol. The maximum absolute atomic E-state index is 11.1. The molecule has 3 rings (SSSR count). The quantitative estimate of drug-likeness (QED) is 0.500. The lowest BCUT2D eigenvalue weighted by molar-refractivity contribution is -0.141. The van der Waals surface area contributed by atoms with Crippen LogP contribution >= 0.6 is 0 Å². The molecule has 24 heavy (non-hydrogen) atoms. The Morgan fingerprint density at radius 1 is 0.875 bits per heavy atom. The van der Waals surface area contributed by atoms with E-state index in [0.29, 0.717) is 6.42 Å². The molecule has 1 aliphatic rings. The van der Waals surface area contributed by atoms with Crippen LogP contribution in [0.3, 0.4) is 0 Å². The van der Waals surface area contributed by atoms with E-state index >= 15 is 0 Å². The van der Waals surface area contributed by atoms with Gasteiger partial charge in [-0.05, 0) is 49.9 Å². The highest BCUT2D eigenvalue weighted by Gasteiger charge is 2.22. The fourth-order valence-electron chi connectivity index (χ4n) is 3.23. The Hall–Kier alpha value is -2.29. The zero-order valence-electron chi connectivity index (χ0n) is 14.1. The van der Waals surface area contributed by atoms with Crippen LogP contribution in [0.2, 0.25) is 0 Å². The van der Waals surface area contributed by atoms with Gasteiger partial charge in [0.15, 0.2) is 0 Å². The van der Waals surface area contributed by atoms with Crippen LogP contribution < -0.4 is 4.90 Å². The van der Waals surface area contributed by atoms with E-state index < -0.39 is 0 Å². The summed E-state index contributed by atoms with van der Waals surface area (Å²) >= 11 is 0. The molecule has 0 spiro atoms. The number of cyclic esters (lactones) is 1. The van der Waals surface area contributed by atoms with Gasteiger partial charge in [0, 0.05) is 24.3 Å². The molecule has 0 amide bonds. The molecule has 0 aliphatic carbocycles. The van der Waals surface area contributed by atoms with E-state index in [1.165, 1.54) is 11.4 Å². The van der Waals surface area contributed by atoms with Crippen molar-refractivity contribution in [3.05, 3.63) is 60.7 Å². The molecule has 1 saturated heterocycles. The summed E-state index contributed by atoms with van der Waals surface area (Å²) in [5, 5.41) is 0. The predicted molar refractivity (Wildman–Crippen MR) is 97.5 cm³/mol. The highest BCUT2D eigenvalue weighted by atomic mass is 16.5. The molecule has 0 bridgehead atoms. The van der Waals surface area contributed by atoms with Crippen LogP contribution in [0, 0.1) is 0 Å². The maximum Gasteiger partial charge on any atom is 0.306 e. The van der Waals surface area contributed by atoms with E-state index in [1.54, 1.807) is 0 Å². The average Bonchev–Trinajstić information content (AvgIpc) is 3.05. The van der Waals surface area contributed by atoms with Crippen molar-refractivity contribution < 1.29 is 9.53 Å². The molecule has 2 aromatic carbocycles. The van der Waals surface area contributed by atoms with Crippen molar-refractivity contribution in [3.8, 4) is 0 Å². The zero-order valence-corrected chi connectivity index (χ0v) is 14.1. The summed E-state index contributed by atoms with van der Waals surface area (Å²) in [5.41, 5.74) is 2.46. The average molecular weight is 323 g/mol. The summed E-state index contributed by atoms with van der Waals surface area (Å²) in [5.74, 6) is -0.0284. The van der Waals surface area contributed by atoms with E-state index in [9.17, 15) is 4.79 Å². The Morgan fingerprint density at radius 3 is 2.04 bits per heavy atom. The van der Waals surface area contributed by atoms with Gasteiger partial charge in [-0.1, -0.05) is 42.8 Å². The molecule has 2 aromatic rings. The SMILES string of the molecule is O=C1CCC(CCCCCN(c2ccccc2)c2ccccc2)O1. The third-order valence-electron chi connectivity index (χ3n) is 4.51. The van der Waals surface area contributed by atoms with Crippen LogP contribution in [-0.2, 0) is 9.53 Å². The molecule has 126 valence electrons. The lowest BCUT2D eigenvalue weighted by Gasteiger charge is -2.25. The first-order valence-electron chi connectivity index (χ1n) is 8.90. The number of unbranched alkanes of at least 4 members (excludes halogenated alkanes) is 2. The molecule has 3 nitrogen and oxygen atoms in total. The molecule has 0 saturated carbocycles. The van der Waals surface area contributed by atoms with Crippen LogP contribution in [0.25, 0.3) is 0 Å². The van der Waals surface area contributed by atoms with Gasteiger partial charge in [0.1, 0.15) is 6.10 Å². The highest BCUT2D eigenvalue weighted by molar-refractivity contribution is 5.71. The number of esters is 1. The minimum absolute atomic E-state index is 0.0284. The van der Waals surface area contributed by atoms with E-state index in [0.717, 1.165) is 38.6 Å². The first kappa shape index (κ1) is 16.6. The summed E-state index contributed by atoms with van der Waals surface area (Å²) < 4.78 is 5.28. The fraction of sp³-hybridized carbons (Fsp3) is 0.381. The van der Waals surface area contributed by atoms with Crippen molar-refractivity contribution in [3.63, 3.8) is 0 Å². The van der Waals surface area contributed by atoms with Crippen molar-refractivity contribution in [2.24, 2.45) is 0 Å². The topological polar surface area (TPSA) is 29.5 Å². The van der Waals surface area contributed by atoms with Crippen molar-refractivity contribution in [2.75, 3.05) is 11.4 Å². The third-order valence-corrected chi connectivity index (χ3v) is 4.51. The van der Waals surface area contributed by atoms with Crippen LogP contribution in [-0.4, -0.2) is 18.6 Å². The number of rotatable bonds is 8. The Kier molecular flexibility index (Phi) is 5.89. The second-order valence-corrected chi connectivity index (χ2v) is 6.32. The summed E-state index contributed by atoms with van der Waals surface area (Å²) in [4.78, 5) is 13.5. The fourth-order valence-corrected chi connectivity index (χ4v) is 3.23. The molecule has 0 aromatic heterocycles. The highest BCUT2D eigenvalue weighted by Crippen LogP contribution is 2.26. The van der Waals surface area contributed by atoms with E-state index in [4.69, 9.17) is 4.74 Å². The van der Waals surface area contributed by atoms with E-state index in [2.05, 4.69) is 65.6 Å². The summed E-state index contributed by atoms with van der Waals surface area (Å²) in [6.45, 7) is 0.998. The first-order valence-corrected chi connectivity index (χ1v) is 8.90. The standard InChI is InChI=1S/C21H25NO2/c23-21-16-15-20(24-21)14-8-3-9-17-22(18-10-4-1-5-11-18)19-12-6-2-7-13-19/h1-2,4-7,10-13,20H,3,8-9,14-17H2. The van der Waals surface area contributed by atoms with Gasteiger partial charge in [0.05, 0.1) is 0 Å². The number of nitrogens with zero attached hydrogens (tertiary/aromatic N) is 1. The van der Waals surface area contributed by atoms with Gasteiger partial charge in [-0.2, -0.15) is 0 Å². The Balaban J connectivity index is 1.50. The molecule has 3 heteroatoms. The lowest BCUT2D eigenvalue weighted by atomic mass is 10.1. The van der Waals surface area contributed by atoms with Crippen molar-refractivity contribution >= 4 is 17.3 Å². The number of carbonyl (C=O) groups is 1. The number of ether oxygens (including phenoxy) is 1. The van der Waals surface area contributed by atoms with Gasteiger partial charge in [0.2, 0.25) is 0 Å². The molecule has 1 atom stereocenters. The number of hydrogen-bond donors (Lipinski definition) is 0. The van der Waals surface area contributed by atoms with Crippen LogP contribution in [0.15, 0.2) is 60.7 Å². The number of anilines is 2. The van der Waals surface area contributed by atoms with Gasteiger partial charge < -0.3 is 9.64 Å². The van der Waals surface area contributed by atoms with Crippen LogP contribution in [0.1, 0.15) is 38.5 Å².